The van der Waals surface area contributed by atoms with E-state index in [1.807, 2.05) is 73.6 Å². The molecule has 0 atom stereocenters. The van der Waals surface area contributed by atoms with E-state index in [0.29, 0.717) is 5.56 Å². The molecular weight excluding hydrogens is 328 g/mol. The number of carbonyl (C=O) groups excluding carboxylic acids is 2. The van der Waals surface area contributed by atoms with Crippen LogP contribution in [-0.4, -0.2) is 25.2 Å². The second kappa shape index (κ2) is 8.24. The first-order chi connectivity index (χ1) is 11.8. The van der Waals surface area contributed by atoms with E-state index in [-0.39, 0.29) is 30.0 Å². The maximum atomic E-state index is 13.2. The van der Waals surface area contributed by atoms with E-state index in [1.165, 1.54) is 0 Å². The molecule has 0 saturated heterocycles. The number of hydrogen-bond acceptors (Lipinski definition) is 4. The monoisotopic (exact) mass is 362 g/mol. The number of carbonyl (C=O) groups is 2. The van der Waals surface area contributed by atoms with E-state index < -0.39 is 17.4 Å². The van der Waals surface area contributed by atoms with E-state index in [0.717, 1.165) is 0 Å². The molecule has 0 amide bonds. The van der Waals surface area contributed by atoms with Crippen LogP contribution in [-0.2, 0) is 24.5 Å². The highest BCUT2D eigenvalue weighted by atomic mass is 16.6. The summed E-state index contributed by atoms with van der Waals surface area (Å²) in [6.45, 7) is 16.1. The third-order valence-electron chi connectivity index (χ3n) is 4.01. The van der Waals surface area contributed by atoms with Gasteiger partial charge in [-0.1, -0.05) is 85.7 Å². The van der Waals surface area contributed by atoms with Crippen molar-refractivity contribution in [1.29, 1.82) is 0 Å². The highest BCUT2D eigenvalue weighted by Crippen LogP contribution is 2.36. The van der Waals surface area contributed by atoms with Gasteiger partial charge in [0.05, 0.1) is 13.2 Å². The van der Waals surface area contributed by atoms with Crippen molar-refractivity contribution in [2.45, 2.75) is 60.8 Å². The minimum atomic E-state index is -1.47. The van der Waals surface area contributed by atoms with E-state index in [2.05, 4.69) is 0 Å². The Morgan fingerprint density at radius 2 is 1.19 bits per heavy atom. The molecule has 4 heteroatoms. The maximum Gasteiger partial charge on any atom is 0.328 e. The van der Waals surface area contributed by atoms with E-state index in [9.17, 15) is 9.59 Å². The minimum Gasteiger partial charge on any atom is -0.464 e. The Hall–Kier alpha value is -1.84. The summed E-state index contributed by atoms with van der Waals surface area (Å²) in [5, 5.41) is 0. The third kappa shape index (κ3) is 5.58. The van der Waals surface area contributed by atoms with Crippen LogP contribution >= 0.6 is 0 Å². The van der Waals surface area contributed by atoms with Crippen LogP contribution < -0.4 is 0 Å². The lowest BCUT2D eigenvalue weighted by molar-refractivity contribution is -0.171. The SMILES string of the molecule is CC(C)C(C(=O)OCC(C)(C)C)(C(=O)OCC(C)(C)C)c1ccccc1. The number of benzene rings is 1. The lowest BCUT2D eigenvalue weighted by Gasteiger charge is -2.35. The van der Waals surface area contributed by atoms with Gasteiger partial charge in [-0.15, -0.1) is 0 Å². The van der Waals surface area contributed by atoms with Crippen LogP contribution in [0.15, 0.2) is 30.3 Å². The first-order valence-electron chi connectivity index (χ1n) is 9.21. The second-order valence-corrected chi connectivity index (χ2v) is 9.60. The molecule has 0 aliphatic heterocycles. The molecule has 0 saturated carbocycles. The summed E-state index contributed by atoms with van der Waals surface area (Å²) in [6, 6.07) is 9.07. The number of hydrogen-bond donors (Lipinski definition) is 0. The van der Waals surface area contributed by atoms with Crippen LogP contribution in [0.1, 0.15) is 61.0 Å². The Bertz CT molecular complexity index is 573. The topological polar surface area (TPSA) is 52.6 Å². The molecule has 1 rings (SSSR count). The van der Waals surface area contributed by atoms with Crippen LogP contribution in [0.5, 0.6) is 0 Å². The molecule has 26 heavy (non-hydrogen) atoms. The molecule has 0 aliphatic rings. The van der Waals surface area contributed by atoms with Crippen LogP contribution in [0.25, 0.3) is 0 Å². The van der Waals surface area contributed by atoms with E-state index >= 15 is 0 Å². The second-order valence-electron chi connectivity index (χ2n) is 9.60. The standard InChI is InChI=1S/C22H34O4/c1-16(2)22(17-12-10-9-11-13-17,18(23)25-14-20(3,4)5)19(24)26-15-21(6,7)8/h9-13,16H,14-15H2,1-8H3. The van der Waals surface area contributed by atoms with Crippen molar-refractivity contribution in [3.63, 3.8) is 0 Å². The molecule has 0 bridgehead atoms. The lowest BCUT2D eigenvalue weighted by atomic mass is 9.71. The Morgan fingerprint density at radius 1 is 0.808 bits per heavy atom. The zero-order valence-corrected chi connectivity index (χ0v) is 17.5. The smallest absolute Gasteiger partial charge is 0.328 e. The predicted octanol–water partition coefficient (Wildman–Crippen LogP) is 4.76. The maximum absolute atomic E-state index is 13.2. The quantitative estimate of drug-likeness (QED) is 0.541. The third-order valence-corrected chi connectivity index (χ3v) is 4.01. The zero-order chi connectivity index (χ0) is 20.2. The van der Waals surface area contributed by atoms with Gasteiger partial charge in [-0.05, 0) is 22.3 Å². The van der Waals surface area contributed by atoms with Crippen molar-refractivity contribution in [2.24, 2.45) is 16.7 Å². The van der Waals surface area contributed by atoms with Crippen molar-refractivity contribution in [1.82, 2.24) is 0 Å². The van der Waals surface area contributed by atoms with Crippen molar-refractivity contribution in [2.75, 3.05) is 13.2 Å². The molecule has 0 N–H and O–H groups in total. The van der Waals surface area contributed by atoms with Crippen LogP contribution in [0.4, 0.5) is 0 Å². The summed E-state index contributed by atoms with van der Waals surface area (Å²) < 4.78 is 11.2. The molecule has 0 heterocycles. The molecule has 0 fully saturated rings. The number of rotatable bonds is 6. The van der Waals surface area contributed by atoms with Gasteiger partial charge in [0.1, 0.15) is 0 Å². The van der Waals surface area contributed by atoms with Gasteiger partial charge >= 0.3 is 11.9 Å². The minimum absolute atomic E-state index is 0.190. The van der Waals surface area contributed by atoms with Gasteiger partial charge in [0.15, 0.2) is 5.41 Å². The molecule has 0 aliphatic carbocycles. The summed E-state index contributed by atoms with van der Waals surface area (Å²) >= 11 is 0. The van der Waals surface area contributed by atoms with Crippen molar-refractivity contribution in [3.05, 3.63) is 35.9 Å². The fraction of sp³-hybridized carbons (Fsp3) is 0.636. The Labute approximate surface area is 158 Å². The van der Waals surface area contributed by atoms with Crippen molar-refractivity contribution < 1.29 is 19.1 Å². The van der Waals surface area contributed by atoms with Gasteiger partial charge in [-0.3, -0.25) is 9.59 Å². The Morgan fingerprint density at radius 3 is 1.50 bits per heavy atom. The van der Waals surface area contributed by atoms with Gasteiger partial charge in [0, 0.05) is 0 Å². The normalized spacial score (nSPS) is 12.8. The Kier molecular flexibility index (Phi) is 7.03. The molecule has 1 aromatic carbocycles. The lowest BCUT2D eigenvalue weighted by Crippen LogP contribution is -2.51. The van der Waals surface area contributed by atoms with Gasteiger partial charge < -0.3 is 9.47 Å². The zero-order valence-electron chi connectivity index (χ0n) is 17.5. The predicted molar refractivity (Wildman–Crippen MR) is 104 cm³/mol. The molecule has 1 aromatic rings. The number of esters is 2. The van der Waals surface area contributed by atoms with Crippen LogP contribution in [0.2, 0.25) is 0 Å². The molecule has 4 nitrogen and oxygen atoms in total. The van der Waals surface area contributed by atoms with Crippen molar-refractivity contribution >= 4 is 11.9 Å². The molecular formula is C22H34O4. The van der Waals surface area contributed by atoms with Crippen molar-refractivity contribution in [3.8, 4) is 0 Å². The summed E-state index contributed by atoms with van der Waals surface area (Å²) in [5.41, 5.74) is -1.25. The fourth-order valence-electron chi connectivity index (χ4n) is 2.62. The van der Waals surface area contributed by atoms with Crippen LogP contribution in [0, 0.1) is 16.7 Å². The first-order valence-corrected chi connectivity index (χ1v) is 9.21. The van der Waals surface area contributed by atoms with Gasteiger partial charge in [0.25, 0.3) is 0 Å². The average molecular weight is 363 g/mol. The summed E-state index contributed by atoms with van der Waals surface area (Å²) in [5.74, 6) is -1.41. The molecule has 0 spiro atoms. The highest BCUT2D eigenvalue weighted by molar-refractivity contribution is 6.06. The van der Waals surface area contributed by atoms with Gasteiger partial charge in [-0.25, -0.2) is 0 Å². The molecule has 146 valence electrons. The Balaban J connectivity index is 3.33. The average Bonchev–Trinajstić information content (AvgIpc) is 2.51. The highest BCUT2D eigenvalue weighted by Gasteiger charge is 2.53. The van der Waals surface area contributed by atoms with Gasteiger partial charge in [-0.2, -0.15) is 0 Å². The van der Waals surface area contributed by atoms with E-state index in [1.54, 1.807) is 12.1 Å². The summed E-state index contributed by atoms with van der Waals surface area (Å²) in [4.78, 5) is 26.4. The largest absolute Gasteiger partial charge is 0.464 e. The summed E-state index contributed by atoms with van der Waals surface area (Å²) in [7, 11) is 0. The van der Waals surface area contributed by atoms with Crippen LogP contribution in [0.3, 0.4) is 0 Å². The fourth-order valence-corrected chi connectivity index (χ4v) is 2.62. The molecule has 0 unspecified atom stereocenters. The van der Waals surface area contributed by atoms with E-state index in [4.69, 9.17) is 9.47 Å². The van der Waals surface area contributed by atoms with Gasteiger partial charge in [0.2, 0.25) is 0 Å². The summed E-state index contributed by atoms with van der Waals surface area (Å²) in [6.07, 6.45) is 0. The number of ether oxygens (including phenoxy) is 2. The molecule has 0 radical (unpaired) electrons. The molecule has 0 aromatic heterocycles. The first kappa shape index (κ1) is 22.2.